The molecule has 0 bridgehead atoms. The average molecular weight is 1200 g/mol. The molecule has 0 fully saturated rings. The lowest BCUT2D eigenvalue weighted by Crippen LogP contribution is -2.15. The van der Waals surface area contributed by atoms with Gasteiger partial charge < -0.3 is 13.7 Å². The summed E-state index contributed by atoms with van der Waals surface area (Å²) in [6.07, 6.45) is 7.88. The SMILES string of the molecule is CC1(C)c2ccccc2-c2c1ccc1c3ccccc3n(-c3ccc(-c4nc(C5=CC(n6c7ccccc7c7ccc8c(c76)-c6ccccc6C8(C)C)CC=C5)nc5ccc(-c6cccc(-n7c8ccccc8c8ccc9c(c87)-c7ccccc7C9(C)C)c6)cc45)cc3)c21. The van der Waals surface area contributed by atoms with Crippen molar-refractivity contribution in [2.24, 2.45) is 0 Å². The first kappa shape index (κ1) is 53.5. The Kier molecular flexibility index (Phi) is 10.8. The van der Waals surface area contributed by atoms with Gasteiger partial charge in [0.15, 0.2) is 5.82 Å². The summed E-state index contributed by atoms with van der Waals surface area (Å²) >= 11 is 0. The molecule has 0 N–H and O–H groups in total. The van der Waals surface area contributed by atoms with Crippen LogP contribution in [0, 0.1) is 0 Å². The molecule has 4 aliphatic rings. The molecule has 0 radical (unpaired) electrons. The van der Waals surface area contributed by atoms with E-state index in [1.165, 1.54) is 132 Å². The van der Waals surface area contributed by atoms with Gasteiger partial charge in [0.2, 0.25) is 0 Å². The quantitative estimate of drug-likeness (QED) is 0.166. The van der Waals surface area contributed by atoms with Crippen LogP contribution in [0.15, 0.2) is 267 Å². The lowest BCUT2D eigenvalue weighted by atomic mass is 9.82. The van der Waals surface area contributed by atoms with Crippen molar-refractivity contribution in [2.75, 3.05) is 0 Å². The van der Waals surface area contributed by atoms with Gasteiger partial charge in [0.05, 0.1) is 44.8 Å². The molecule has 5 heteroatoms. The first-order valence-electron chi connectivity index (χ1n) is 33.3. The maximum absolute atomic E-state index is 5.80. The fraction of sp³-hybridized carbons (Fsp3) is 0.124. The minimum atomic E-state index is -0.136. The molecule has 1 unspecified atom stereocenters. The van der Waals surface area contributed by atoms with Gasteiger partial charge in [-0.2, -0.15) is 0 Å². The van der Waals surface area contributed by atoms with E-state index in [9.17, 15) is 0 Å². The van der Waals surface area contributed by atoms with E-state index >= 15 is 0 Å². The van der Waals surface area contributed by atoms with Crippen molar-refractivity contribution in [1.82, 2.24) is 23.7 Å². The largest absolute Gasteiger partial charge is 0.333 e. The number of allylic oxidation sites excluding steroid dienone is 4. The smallest absolute Gasteiger partial charge is 0.160 e. The van der Waals surface area contributed by atoms with Crippen LogP contribution in [-0.4, -0.2) is 23.7 Å². The lowest BCUT2D eigenvalue weighted by Gasteiger charge is -2.23. The zero-order valence-corrected chi connectivity index (χ0v) is 53.4. The molecule has 1 atom stereocenters. The Balaban J connectivity index is 0.776. The Morgan fingerprint density at radius 2 is 0.819 bits per heavy atom. The highest BCUT2D eigenvalue weighted by Gasteiger charge is 2.41. The summed E-state index contributed by atoms with van der Waals surface area (Å²) in [5.74, 6) is 0.711. The van der Waals surface area contributed by atoms with Gasteiger partial charge in [-0.15, -0.1) is 0 Å². The molecule has 4 aliphatic carbocycles. The minimum absolute atomic E-state index is 0.00323. The fourth-order valence-corrected chi connectivity index (χ4v) is 17.9. The average Bonchev–Trinajstić information content (AvgIpc) is 1.55. The van der Waals surface area contributed by atoms with Gasteiger partial charge in [0, 0.05) is 98.7 Å². The third kappa shape index (κ3) is 7.13. The van der Waals surface area contributed by atoms with Crippen molar-refractivity contribution in [1.29, 1.82) is 0 Å². The van der Waals surface area contributed by atoms with E-state index in [4.69, 9.17) is 9.97 Å². The van der Waals surface area contributed by atoms with Crippen molar-refractivity contribution in [3.8, 4) is 67.1 Å². The second-order valence-corrected chi connectivity index (χ2v) is 28.3. The molecule has 0 amide bonds. The van der Waals surface area contributed by atoms with Gasteiger partial charge in [-0.05, 0) is 122 Å². The number of fused-ring (bicyclic) bond motifs is 22. The van der Waals surface area contributed by atoms with E-state index < -0.39 is 0 Å². The van der Waals surface area contributed by atoms with Gasteiger partial charge in [-0.25, -0.2) is 9.97 Å². The Labute approximate surface area is 545 Å². The zero-order chi connectivity index (χ0) is 62.7. The van der Waals surface area contributed by atoms with Crippen molar-refractivity contribution < 1.29 is 0 Å². The molecule has 20 rings (SSSR count). The van der Waals surface area contributed by atoms with E-state index in [-0.39, 0.29) is 22.3 Å². The predicted molar refractivity (Wildman–Crippen MR) is 392 cm³/mol. The molecule has 446 valence electrons. The van der Waals surface area contributed by atoms with Gasteiger partial charge >= 0.3 is 0 Å². The topological polar surface area (TPSA) is 40.6 Å². The second-order valence-electron chi connectivity index (χ2n) is 28.3. The van der Waals surface area contributed by atoms with Crippen molar-refractivity contribution in [3.05, 3.63) is 306 Å². The van der Waals surface area contributed by atoms with E-state index in [1.807, 2.05) is 0 Å². The van der Waals surface area contributed by atoms with Crippen LogP contribution in [0.3, 0.4) is 0 Å². The molecular weight excluding hydrogens is 1140 g/mol. The maximum Gasteiger partial charge on any atom is 0.160 e. The summed E-state index contributed by atoms with van der Waals surface area (Å²) in [5.41, 5.74) is 31.5. The number of para-hydroxylation sites is 3. The van der Waals surface area contributed by atoms with Crippen LogP contribution >= 0.6 is 0 Å². The molecular formula is C89H65N5. The molecule has 0 saturated carbocycles. The normalized spacial score (nSPS) is 16.1. The summed E-state index contributed by atoms with van der Waals surface area (Å²) < 4.78 is 7.65. The number of nitrogens with zero attached hydrogens (tertiary/aromatic N) is 5. The number of rotatable bonds is 6. The number of hydrogen-bond donors (Lipinski definition) is 0. The summed E-state index contributed by atoms with van der Waals surface area (Å²) in [6, 6.07) is 93.3. The summed E-state index contributed by atoms with van der Waals surface area (Å²) in [7, 11) is 0. The number of aromatic nitrogens is 5. The monoisotopic (exact) mass is 1200 g/mol. The molecule has 0 spiro atoms. The van der Waals surface area contributed by atoms with Crippen molar-refractivity contribution in [3.63, 3.8) is 0 Å². The van der Waals surface area contributed by atoms with Crippen LogP contribution in [0.2, 0.25) is 0 Å². The van der Waals surface area contributed by atoms with Gasteiger partial charge in [0.1, 0.15) is 0 Å². The van der Waals surface area contributed by atoms with E-state index in [0.717, 1.165) is 56.7 Å². The van der Waals surface area contributed by atoms with Crippen LogP contribution in [-0.2, 0) is 16.2 Å². The van der Waals surface area contributed by atoms with Crippen LogP contribution in [0.4, 0.5) is 0 Å². The van der Waals surface area contributed by atoms with Crippen LogP contribution < -0.4 is 0 Å². The third-order valence-electron chi connectivity index (χ3n) is 22.3. The summed E-state index contributed by atoms with van der Waals surface area (Å²) in [6.45, 7) is 14.3. The molecule has 12 aromatic carbocycles. The van der Waals surface area contributed by atoms with E-state index in [2.05, 4.69) is 322 Å². The Morgan fingerprint density at radius 1 is 0.351 bits per heavy atom. The molecule has 0 saturated heterocycles. The highest BCUT2D eigenvalue weighted by atomic mass is 15.0. The third-order valence-corrected chi connectivity index (χ3v) is 22.3. The molecule has 16 aromatic rings. The van der Waals surface area contributed by atoms with Gasteiger partial charge in [-0.3, -0.25) is 0 Å². The highest BCUT2D eigenvalue weighted by Crippen LogP contribution is 2.57. The summed E-state index contributed by atoms with van der Waals surface area (Å²) in [4.78, 5) is 11.4. The van der Waals surface area contributed by atoms with Crippen molar-refractivity contribution in [2.45, 2.75) is 70.3 Å². The Bertz CT molecular complexity index is 6110. The highest BCUT2D eigenvalue weighted by molar-refractivity contribution is 6.18. The first-order valence-corrected chi connectivity index (χ1v) is 33.3. The van der Waals surface area contributed by atoms with Crippen molar-refractivity contribution >= 4 is 81.9 Å². The second kappa shape index (κ2) is 19.0. The predicted octanol–water partition coefficient (Wildman–Crippen LogP) is 22.8. The molecule has 4 aromatic heterocycles. The van der Waals surface area contributed by atoms with Gasteiger partial charge in [-0.1, -0.05) is 254 Å². The van der Waals surface area contributed by atoms with Gasteiger partial charge in [0.25, 0.3) is 0 Å². The number of hydrogen-bond acceptors (Lipinski definition) is 2. The Morgan fingerprint density at radius 3 is 1.39 bits per heavy atom. The molecule has 5 nitrogen and oxygen atoms in total. The standard InChI is InChI=1S/C89H65N5/c1-87(2)69-31-13-7-28-65(69)79-72(87)45-42-62-59-25-10-16-34-76(59)92(83(62)79)56-40-37-52(38-41-56)82-68-51-54(53-21-19-23-57(49-53)93-77-35-17-11-26-60(77)63-43-46-73-80(84(63)93)66-29-8-14-32-70(66)88(73,3)4)39-48-75(68)90-86(91-82)55-22-20-24-58(50-55)94-78-36-18-12-27-61(78)64-44-47-74-81(85(64)94)67-30-9-15-33-71(67)89(74,5)6/h7-23,25-51,58H,24H2,1-6H3. The first-order chi connectivity index (χ1) is 45.9. The molecule has 4 heterocycles. The minimum Gasteiger partial charge on any atom is -0.333 e. The fourth-order valence-electron chi connectivity index (χ4n) is 17.9. The Hall–Kier alpha value is -11.1. The lowest BCUT2D eigenvalue weighted by molar-refractivity contribution is 0.647. The zero-order valence-electron chi connectivity index (χ0n) is 53.4. The van der Waals surface area contributed by atoms with Crippen LogP contribution in [0.1, 0.15) is 93.2 Å². The molecule has 0 aliphatic heterocycles. The number of benzene rings is 12. The van der Waals surface area contributed by atoms with E-state index in [1.54, 1.807) is 0 Å². The molecule has 94 heavy (non-hydrogen) atoms. The summed E-state index contributed by atoms with van der Waals surface area (Å²) in [5, 5.41) is 8.58. The van der Waals surface area contributed by atoms with Crippen LogP contribution in [0.25, 0.3) is 149 Å². The van der Waals surface area contributed by atoms with E-state index in [0.29, 0.717) is 5.82 Å². The maximum atomic E-state index is 5.80. The van der Waals surface area contributed by atoms with Crippen LogP contribution in [0.5, 0.6) is 0 Å².